The van der Waals surface area contributed by atoms with E-state index in [1.54, 1.807) is 4.90 Å². The van der Waals surface area contributed by atoms with E-state index in [9.17, 15) is 18.0 Å². The number of carbonyl (C=O) groups is 2. The van der Waals surface area contributed by atoms with E-state index in [-0.39, 0.29) is 34.0 Å². The maximum Gasteiger partial charge on any atom is 0.336 e. The largest absolute Gasteiger partial charge is 0.478 e. The predicted molar refractivity (Wildman–Crippen MR) is 89.6 cm³/mol. The normalized spacial score (nSPS) is 17.9. The van der Waals surface area contributed by atoms with Crippen LogP contribution in [0.4, 0.5) is 0 Å². The summed E-state index contributed by atoms with van der Waals surface area (Å²) in [6.45, 7) is 2.96. The Labute approximate surface area is 143 Å². The zero-order valence-corrected chi connectivity index (χ0v) is 15.2. The highest BCUT2D eigenvalue weighted by Gasteiger charge is 2.32. The number of rotatable bonds is 5. The van der Waals surface area contributed by atoms with E-state index >= 15 is 0 Å². The van der Waals surface area contributed by atoms with Gasteiger partial charge in [-0.25, -0.2) is 13.2 Å². The molecule has 0 saturated carbocycles. The van der Waals surface area contributed by atoms with Gasteiger partial charge in [0.05, 0.1) is 10.8 Å². The van der Waals surface area contributed by atoms with Gasteiger partial charge in [0.2, 0.25) is 5.91 Å². The summed E-state index contributed by atoms with van der Waals surface area (Å²) in [4.78, 5) is 24.7. The molecule has 1 aliphatic heterocycles. The third-order valence-electron chi connectivity index (χ3n) is 3.67. The Morgan fingerprint density at radius 1 is 1.30 bits per heavy atom. The van der Waals surface area contributed by atoms with E-state index in [1.165, 1.54) is 27.5 Å². The molecule has 1 aromatic heterocycles. The van der Waals surface area contributed by atoms with E-state index in [1.807, 2.05) is 13.2 Å². The number of sulfonamides is 1. The second-order valence-electron chi connectivity index (χ2n) is 5.07. The van der Waals surface area contributed by atoms with Crippen molar-refractivity contribution in [1.29, 1.82) is 0 Å². The van der Waals surface area contributed by atoms with Gasteiger partial charge in [0.25, 0.3) is 10.0 Å². The van der Waals surface area contributed by atoms with E-state index in [4.69, 9.17) is 5.11 Å². The average Bonchev–Trinajstić information content (AvgIpc) is 3.04. The summed E-state index contributed by atoms with van der Waals surface area (Å²) in [5.74, 6) is -1.14. The van der Waals surface area contributed by atoms with Crippen LogP contribution in [-0.4, -0.2) is 72.3 Å². The first-order valence-electron chi connectivity index (χ1n) is 6.91. The van der Waals surface area contributed by atoms with Gasteiger partial charge in [-0.2, -0.15) is 16.1 Å². The molecule has 1 saturated heterocycles. The van der Waals surface area contributed by atoms with Gasteiger partial charge in [0.15, 0.2) is 0 Å². The summed E-state index contributed by atoms with van der Waals surface area (Å²) in [5.41, 5.74) is -0.0313. The smallest absolute Gasteiger partial charge is 0.336 e. The van der Waals surface area contributed by atoms with Crippen LogP contribution in [0.2, 0.25) is 0 Å². The van der Waals surface area contributed by atoms with Crippen LogP contribution in [-0.2, 0) is 14.8 Å². The zero-order valence-electron chi connectivity index (χ0n) is 12.8. The number of nitrogens with zero attached hydrogens (tertiary/aromatic N) is 2. The van der Waals surface area contributed by atoms with Crippen LogP contribution in [0.1, 0.15) is 17.3 Å². The molecule has 1 fully saturated rings. The summed E-state index contributed by atoms with van der Waals surface area (Å²) in [7, 11) is -3.70. The van der Waals surface area contributed by atoms with Crippen molar-refractivity contribution < 1.29 is 23.1 Å². The third kappa shape index (κ3) is 3.87. The Balaban J connectivity index is 2.06. The summed E-state index contributed by atoms with van der Waals surface area (Å²) in [6.07, 6.45) is 1.86. The molecule has 0 bridgehead atoms. The highest BCUT2D eigenvalue weighted by molar-refractivity contribution is 7.99. The first kappa shape index (κ1) is 18.2. The van der Waals surface area contributed by atoms with Crippen molar-refractivity contribution in [3.63, 3.8) is 0 Å². The number of hydrogen-bond acceptors (Lipinski definition) is 6. The van der Waals surface area contributed by atoms with Crippen molar-refractivity contribution >= 4 is 45.0 Å². The minimum Gasteiger partial charge on any atom is -0.478 e. The number of hydrogen-bond donors (Lipinski definition) is 1. The van der Waals surface area contributed by atoms with Crippen molar-refractivity contribution in [2.75, 3.05) is 32.4 Å². The van der Waals surface area contributed by atoms with Crippen LogP contribution in [0.5, 0.6) is 0 Å². The maximum atomic E-state index is 12.5. The second kappa shape index (κ2) is 7.20. The molecule has 1 amide bonds. The predicted octanol–water partition coefficient (Wildman–Crippen LogP) is 1.03. The molecule has 1 N–H and O–H groups in total. The first-order valence-corrected chi connectivity index (χ1v) is 10.5. The van der Waals surface area contributed by atoms with Crippen molar-refractivity contribution in [3.05, 3.63) is 17.0 Å². The summed E-state index contributed by atoms with van der Waals surface area (Å²) >= 11 is 2.36. The molecule has 2 rings (SSSR count). The number of carboxylic acids is 1. The van der Waals surface area contributed by atoms with E-state index < -0.39 is 16.0 Å². The minimum absolute atomic E-state index is 0.0128. The van der Waals surface area contributed by atoms with Gasteiger partial charge in [-0.15, -0.1) is 11.3 Å². The minimum atomic E-state index is -3.70. The van der Waals surface area contributed by atoms with Crippen LogP contribution in [0.3, 0.4) is 0 Å². The standard InChI is InChI=1S/C13H18N2O5S3/c1-9(21-2)12(16)14-3-5-15(6-4-14)23(19,20)11-7-10(8-22-11)13(17)18/h7-9H,3-6H2,1-2H3,(H,17,18). The molecule has 0 spiro atoms. The van der Waals surface area contributed by atoms with Gasteiger partial charge in [-0.1, -0.05) is 0 Å². The van der Waals surface area contributed by atoms with Gasteiger partial charge >= 0.3 is 5.97 Å². The molecule has 1 unspecified atom stereocenters. The van der Waals surface area contributed by atoms with E-state index in [0.29, 0.717) is 13.1 Å². The van der Waals surface area contributed by atoms with Crippen molar-refractivity contribution in [3.8, 4) is 0 Å². The van der Waals surface area contributed by atoms with Crippen LogP contribution in [0.15, 0.2) is 15.7 Å². The molecule has 1 atom stereocenters. The molecule has 0 aliphatic carbocycles. The quantitative estimate of drug-likeness (QED) is 0.822. The third-order valence-corrected chi connectivity index (χ3v) is 7.89. The molecule has 1 aliphatic rings. The molecular weight excluding hydrogens is 360 g/mol. The maximum absolute atomic E-state index is 12.5. The second-order valence-corrected chi connectivity index (χ2v) is 9.32. The number of piperazine rings is 1. The average molecular weight is 378 g/mol. The van der Waals surface area contributed by atoms with Gasteiger partial charge < -0.3 is 10.0 Å². The van der Waals surface area contributed by atoms with Gasteiger partial charge in [-0.05, 0) is 19.2 Å². The van der Waals surface area contributed by atoms with Gasteiger partial charge in [-0.3, -0.25) is 4.79 Å². The lowest BCUT2D eigenvalue weighted by atomic mass is 10.3. The number of amides is 1. The Morgan fingerprint density at radius 3 is 2.39 bits per heavy atom. The molecule has 23 heavy (non-hydrogen) atoms. The fourth-order valence-corrected chi connectivity index (χ4v) is 5.28. The number of thioether (sulfide) groups is 1. The monoisotopic (exact) mass is 378 g/mol. The molecule has 1 aromatic rings. The van der Waals surface area contributed by atoms with Crippen molar-refractivity contribution in [1.82, 2.24) is 9.21 Å². The Kier molecular flexibility index (Phi) is 5.71. The molecule has 7 nitrogen and oxygen atoms in total. The molecule has 0 aromatic carbocycles. The Bertz CT molecular complexity index is 692. The number of aromatic carboxylic acids is 1. The lowest BCUT2D eigenvalue weighted by Gasteiger charge is -2.34. The Hall–Kier alpha value is -1.10. The molecule has 2 heterocycles. The first-order chi connectivity index (χ1) is 10.8. The van der Waals surface area contributed by atoms with E-state index in [2.05, 4.69) is 0 Å². The topological polar surface area (TPSA) is 95.0 Å². The number of carboxylic acid groups (broad SMARTS) is 1. The zero-order chi connectivity index (χ0) is 17.2. The molecule has 128 valence electrons. The van der Waals surface area contributed by atoms with Crippen LogP contribution < -0.4 is 0 Å². The highest BCUT2D eigenvalue weighted by Crippen LogP contribution is 2.25. The fourth-order valence-electron chi connectivity index (χ4n) is 2.20. The van der Waals surface area contributed by atoms with E-state index in [0.717, 1.165) is 11.3 Å². The van der Waals surface area contributed by atoms with Gasteiger partial charge in [0, 0.05) is 31.6 Å². The summed E-state index contributed by atoms with van der Waals surface area (Å²) in [5, 5.41) is 10.1. The Morgan fingerprint density at radius 2 is 1.91 bits per heavy atom. The van der Waals surface area contributed by atoms with Gasteiger partial charge in [0.1, 0.15) is 4.21 Å². The van der Waals surface area contributed by atoms with Crippen LogP contribution in [0.25, 0.3) is 0 Å². The molecule has 10 heteroatoms. The van der Waals surface area contributed by atoms with Crippen LogP contribution >= 0.6 is 23.1 Å². The van der Waals surface area contributed by atoms with Crippen molar-refractivity contribution in [2.45, 2.75) is 16.4 Å². The highest BCUT2D eigenvalue weighted by atomic mass is 32.2. The summed E-state index contributed by atoms with van der Waals surface area (Å²) < 4.78 is 26.4. The fraction of sp³-hybridized carbons (Fsp3) is 0.538. The summed E-state index contributed by atoms with van der Waals surface area (Å²) in [6, 6.07) is 1.18. The molecule has 0 radical (unpaired) electrons. The van der Waals surface area contributed by atoms with Crippen molar-refractivity contribution in [2.24, 2.45) is 0 Å². The number of carbonyl (C=O) groups excluding carboxylic acids is 1. The lowest BCUT2D eigenvalue weighted by Crippen LogP contribution is -2.52. The number of thiophene rings is 1. The SMILES string of the molecule is CSC(C)C(=O)N1CCN(S(=O)(=O)c2cc(C(=O)O)cs2)CC1. The van der Waals surface area contributed by atoms with Crippen LogP contribution in [0, 0.1) is 0 Å². The molecular formula is C13H18N2O5S3. The lowest BCUT2D eigenvalue weighted by molar-refractivity contribution is -0.131.